The number of hydrogen-bond acceptors (Lipinski definition) is 1. The molecule has 0 saturated heterocycles. The van der Waals surface area contributed by atoms with Crippen molar-refractivity contribution in [3.05, 3.63) is 118 Å². The van der Waals surface area contributed by atoms with Gasteiger partial charge in [-0.05, 0) is 109 Å². The van der Waals surface area contributed by atoms with Gasteiger partial charge >= 0.3 is 6.11 Å². The first-order valence-corrected chi connectivity index (χ1v) is 15.1. The van der Waals surface area contributed by atoms with Crippen LogP contribution in [0.1, 0.15) is 74.5 Å². The van der Waals surface area contributed by atoms with E-state index in [-0.39, 0.29) is 35.4 Å². The largest absolute Gasteiger partial charge is 0.386 e. The summed E-state index contributed by atoms with van der Waals surface area (Å²) in [6, 6.07) is 12.3. The molecule has 0 spiro atoms. The van der Waals surface area contributed by atoms with Gasteiger partial charge in [0, 0.05) is 5.56 Å². The van der Waals surface area contributed by atoms with E-state index >= 15 is 4.39 Å². The molecular weight excluding hydrogens is 600 g/mol. The van der Waals surface area contributed by atoms with Crippen molar-refractivity contribution < 1.29 is 39.9 Å². The van der Waals surface area contributed by atoms with E-state index in [2.05, 4.69) is 0 Å². The van der Waals surface area contributed by atoms with Crippen molar-refractivity contribution in [2.24, 2.45) is 0 Å². The SMILES string of the molecule is CCCCCc1ccc(C(F)(F)OC2CCC(c3ccc(-c4cc(F)c(-c5ccc(F)c(F)c5)c(F)c4)c(F)c3)CC2)c(F)c1. The lowest BCUT2D eigenvalue weighted by Crippen LogP contribution is -2.30. The van der Waals surface area contributed by atoms with Crippen molar-refractivity contribution in [3.8, 4) is 22.3 Å². The zero-order valence-corrected chi connectivity index (χ0v) is 24.6. The molecule has 4 aromatic rings. The van der Waals surface area contributed by atoms with Crippen LogP contribution >= 0.6 is 0 Å². The molecule has 0 unspecified atom stereocenters. The maximum absolute atomic E-state index is 15.2. The predicted octanol–water partition coefficient (Wildman–Crippen LogP) is 11.4. The highest BCUT2D eigenvalue weighted by Crippen LogP contribution is 2.41. The fourth-order valence-electron chi connectivity index (χ4n) is 5.99. The number of ether oxygens (including phenoxy) is 1. The zero-order chi connectivity index (χ0) is 32.3. The molecular formula is C36H32F8O. The number of benzene rings is 4. The smallest absolute Gasteiger partial charge is 0.313 e. The van der Waals surface area contributed by atoms with Crippen molar-refractivity contribution in [2.75, 3.05) is 0 Å². The van der Waals surface area contributed by atoms with Gasteiger partial charge < -0.3 is 4.74 Å². The van der Waals surface area contributed by atoms with Crippen molar-refractivity contribution >= 4 is 0 Å². The summed E-state index contributed by atoms with van der Waals surface area (Å²) in [6.45, 7) is 2.04. The molecule has 238 valence electrons. The van der Waals surface area contributed by atoms with Crippen LogP contribution in [0.3, 0.4) is 0 Å². The standard InChI is InChI=1S/C36H32F8O/c1-2-3-4-5-21-6-14-28(31(39)16-21)36(43,44)45-26-11-7-22(8-12-26)23-9-13-27(30(38)17-23)25-19-33(41)35(34(42)20-25)24-10-15-29(37)32(40)18-24/h6,9-10,13-20,22,26H,2-5,7-8,11-12H2,1H3. The van der Waals surface area contributed by atoms with Gasteiger partial charge in [-0.2, -0.15) is 8.78 Å². The Hall–Kier alpha value is -3.72. The minimum Gasteiger partial charge on any atom is -0.313 e. The van der Waals surface area contributed by atoms with E-state index in [1.807, 2.05) is 6.92 Å². The van der Waals surface area contributed by atoms with Gasteiger partial charge in [0.05, 0.1) is 17.2 Å². The van der Waals surface area contributed by atoms with Gasteiger partial charge in [-0.25, -0.2) is 26.3 Å². The summed E-state index contributed by atoms with van der Waals surface area (Å²) < 4.78 is 121. The lowest BCUT2D eigenvalue weighted by atomic mass is 9.82. The van der Waals surface area contributed by atoms with E-state index in [9.17, 15) is 30.7 Å². The third-order valence-electron chi connectivity index (χ3n) is 8.43. The minimum absolute atomic E-state index is 0.0662. The lowest BCUT2D eigenvalue weighted by molar-refractivity contribution is -0.278. The molecule has 1 aliphatic rings. The van der Waals surface area contributed by atoms with Gasteiger partial charge in [-0.3, -0.25) is 0 Å². The van der Waals surface area contributed by atoms with E-state index in [0.29, 0.717) is 36.5 Å². The third-order valence-corrected chi connectivity index (χ3v) is 8.43. The Morgan fingerprint density at radius 2 is 1.33 bits per heavy atom. The third kappa shape index (κ3) is 7.40. The molecule has 0 heterocycles. The number of halogens is 8. The zero-order valence-electron chi connectivity index (χ0n) is 24.6. The van der Waals surface area contributed by atoms with Crippen LogP contribution in [0.15, 0.2) is 66.7 Å². The van der Waals surface area contributed by atoms with Gasteiger partial charge in [-0.1, -0.05) is 44.0 Å². The summed E-state index contributed by atoms with van der Waals surface area (Å²) in [5, 5.41) is 0. The number of rotatable bonds is 10. The second-order valence-corrected chi connectivity index (χ2v) is 11.6. The molecule has 0 aromatic heterocycles. The fourth-order valence-corrected chi connectivity index (χ4v) is 5.99. The molecule has 0 radical (unpaired) electrons. The minimum atomic E-state index is -3.80. The Morgan fingerprint density at radius 1 is 0.644 bits per heavy atom. The van der Waals surface area contributed by atoms with Crippen molar-refractivity contribution in [2.45, 2.75) is 76.4 Å². The van der Waals surface area contributed by atoms with Crippen LogP contribution in [0.5, 0.6) is 0 Å². The molecule has 1 saturated carbocycles. The maximum Gasteiger partial charge on any atom is 0.386 e. The van der Waals surface area contributed by atoms with Gasteiger partial charge in [0.2, 0.25) is 0 Å². The van der Waals surface area contributed by atoms with Crippen molar-refractivity contribution in [3.63, 3.8) is 0 Å². The molecule has 0 aliphatic heterocycles. The van der Waals surface area contributed by atoms with Gasteiger partial charge in [0.1, 0.15) is 23.3 Å². The van der Waals surface area contributed by atoms with E-state index in [0.717, 1.165) is 55.7 Å². The summed E-state index contributed by atoms with van der Waals surface area (Å²) in [5.74, 6) is -6.46. The summed E-state index contributed by atoms with van der Waals surface area (Å²) in [4.78, 5) is 0. The maximum atomic E-state index is 15.2. The molecule has 1 fully saturated rings. The van der Waals surface area contributed by atoms with Gasteiger partial charge in [-0.15, -0.1) is 0 Å². The van der Waals surface area contributed by atoms with Crippen LogP contribution in [0, 0.1) is 34.9 Å². The topological polar surface area (TPSA) is 9.23 Å². The fraction of sp³-hybridized carbons (Fsp3) is 0.333. The Morgan fingerprint density at radius 3 is 1.96 bits per heavy atom. The highest BCUT2D eigenvalue weighted by atomic mass is 19.3. The second-order valence-electron chi connectivity index (χ2n) is 11.6. The monoisotopic (exact) mass is 632 g/mol. The summed E-state index contributed by atoms with van der Waals surface area (Å²) in [7, 11) is 0. The van der Waals surface area contributed by atoms with Crippen molar-refractivity contribution in [1.82, 2.24) is 0 Å². The number of hydrogen-bond donors (Lipinski definition) is 0. The normalized spacial score (nSPS) is 17.1. The molecule has 1 nitrogen and oxygen atoms in total. The number of alkyl halides is 2. The molecule has 1 aliphatic carbocycles. The van der Waals surface area contributed by atoms with Crippen LogP contribution in [0.4, 0.5) is 35.1 Å². The molecule has 0 bridgehead atoms. The summed E-state index contributed by atoms with van der Waals surface area (Å²) in [6.07, 6.45) is 0.162. The first-order valence-electron chi connectivity index (χ1n) is 15.1. The Kier molecular flexibility index (Phi) is 9.97. The van der Waals surface area contributed by atoms with E-state index in [4.69, 9.17) is 4.74 Å². The van der Waals surface area contributed by atoms with Gasteiger partial charge in [0.25, 0.3) is 0 Å². The van der Waals surface area contributed by atoms with Crippen LogP contribution in [0.25, 0.3) is 22.3 Å². The Balaban J connectivity index is 1.23. The quantitative estimate of drug-likeness (QED) is 0.125. The highest BCUT2D eigenvalue weighted by Gasteiger charge is 2.40. The average molecular weight is 633 g/mol. The molecule has 45 heavy (non-hydrogen) atoms. The average Bonchev–Trinajstić information content (AvgIpc) is 2.99. The molecule has 4 aromatic carbocycles. The molecule has 0 amide bonds. The second kappa shape index (κ2) is 13.7. The molecule has 0 atom stereocenters. The van der Waals surface area contributed by atoms with Crippen molar-refractivity contribution in [1.29, 1.82) is 0 Å². The molecule has 9 heteroatoms. The highest BCUT2D eigenvalue weighted by molar-refractivity contribution is 5.72. The van der Waals surface area contributed by atoms with Crippen LogP contribution in [-0.4, -0.2) is 6.10 Å². The first-order chi connectivity index (χ1) is 21.5. The molecule has 0 N–H and O–H groups in total. The van der Waals surface area contributed by atoms with E-state index in [1.54, 1.807) is 6.07 Å². The van der Waals surface area contributed by atoms with Crippen LogP contribution in [0.2, 0.25) is 0 Å². The number of aryl methyl sites for hydroxylation is 1. The van der Waals surface area contributed by atoms with Crippen LogP contribution in [-0.2, 0) is 17.3 Å². The Bertz CT molecular complexity index is 1640. The van der Waals surface area contributed by atoms with Crippen LogP contribution < -0.4 is 0 Å². The van der Waals surface area contributed by atoms with E-state index < -0.39 is 58.2 Å². The van der Waals surface area contributed by atoms with Gasteiger partial charge in [0.15, 0.2) is 11.6 Å². The Labute approximate surface area is 256 Å². The summed E-state index contributed by atoms with van der Waals surface area (Å²) in [5.41, 5.74) is -0.457. The first kappa shape index (κ1) is 32.7. The predicted molar refractivity (Wildman–Crippen MR) is 157 cm³/mol. The lowest BCUT2D eigenvalue weighted by Gasteiger charge is -2.31. The van der Waals surface area contributed by atoms with E-state index in [1.165, 1.54) is 18.2 Å². The summed E-state index contributed by atoms with van der Waals surface area (Å²) >= 11 is 0. The molecule has 5 rings (SSSR count). The number of unbranched alkanes of at least 4 members (excludes halogenated alkanes) is 2.